The summed E-state index contributed by atoms with van der Waals surface area (Å²) in [6.07, 6.45) is 1.14. The van der Waals surface area contributed by atoms with Crippen LogP contribution < -0.4 is 5.32 Å². The van der Waals surface area contributed by atoms with E-state index in [4.69, 9.17) is 0 Å². The van der Waals surface area contributed by atoms with Crippen LogP contribution in [0.2, 0.25) is 0 Å². The van der Waals surface area contributed by atoms with Gasteiger partial charge in [-0.1, -0.05) is 41.5 Å². The zero-order valence-electron chi connectivity index (χ0n) is 12.4. The largest absolute Gasteiger partial charge is 0.354 e. The molecule has 0 rings (SSSR count). The third-order valence-electron chi connectivity index (χ3n) is 3.11. The Balaban J connectivity index is 4.33. The van der Waals surface area contributed by atoms with Gasteiger partial charge in [-0.2, -0.15) is 0 Å². The van der Waals surface area contributed by atoms with Gasteiger partial charge in [0.15, 0.2) is 0 Å². The van der Waals surface area contributed by atoms with Gasteiger partial charge >= 0.3 is 0 Å². The summed E-state index contributed by atoms with van der Waals surface area (Å²) in [6, 6.07) is 0.465. The van der Waals surface area contributed by atoms with Gasteiger partial charge in [0.2, 0.25) is 5.91 Å². The van der Waals surface area contributed by atoms with Gasteiger partial charge in [0.1, 0.15) is 0 Å². The summed E-state index contributed by atoms with van der Waals surface area (Å²) in [4.78, 5) is 14.0. The number of rotatable bonds is 8. The average molecular weight is 242 g/mol. The Morgan fingerprint density at radius 2 is 1.65 bits per heavy atom. The highest BCUT2D eigenvalue weighted by Crippen LogP contribution is 2.11. The zero-order valence-corrected chi connectivity index (χ0v) is 12.4. The van der Waals surface area contributed by atoms with E-state index in [0.29, 0.717) is 12.0 Å². The minimum Gasteiger partial charge on any atom is -0.354 e. The second-order valence-corrected chi connectivity index (χ2v) is 5.40. The van der Waals surface area contributed by atoms with Crippen molar-refractivity contribution < 1.29 is 4.79 Å². The molecule has 3 heteroatoms. The molecule has 1 atom stereocenters. The molecule has 3 nitrogen and oxygen atoms in total. The fourth-order valence-electron chi connectivity index (χ4n) is 2.07. The highest BCUT2D eigenvalue weighted by Gasteiger charge is 2.18. The Morgan fingerprint density at radius 1 is 1.12 bits per heavy atom. The lowest BCUT2D eigenvalue weighted by atomic mass is 10.0. The van der Waals surface area contributed by atoms with E-state index in [0.717, 1.165) is 26.1 Å². The van der Waals surface area contributed by atoms with E-state index >= 15 is 0 Å². The van der Waals surface area contributed by atoms with E-state index in [9.17, 15) is 4.79 Å². The smallest absolute Gasteiger partial charge is 0.222 e. The van der Waals surface area contributed by atoms with Crippen LogP contribution in [0.5, 0.6) is 0 Å². The Bertz CT molecular complexity index is 210. The molecule has 1 unspecified atom stereocenters. The maximum atomic E-state index is 11.6. The Labute approximate surface area is 107 Å². The van der Waals surface area contributed by atoms with Gasteiger partial charge in [-0.25, -0.2) is 0 Å². The summed E-state index contributed by atoms with van der Waals surface area (Å²) in [5.41, 5.74) is 0. The van der Waals surface area contributed by atoms with Gasteiger partial charge in [0.25, 0.3) is 0 Å². The number of nitrogens with one attached hydrogen (secondary N) is 1. The van der Waals surface area contributed by atoms with E-state index in [2.05, 4.69) is 37.9 Å². The third kappa shape index (κ3) is 6.67. The fourth-order valence-corrected chi connectivity index (χ4v) is 2.07. The average Bonchev–Trinajstić information content (AvgIpc) is 2.25. The molecule has 0 spiro atoms. The molecule has 0 saturated heterocycles. The second kappa shape index (κ2) is 8.51. The van der Waals surface area contributed by atoms with Crippen LogP contribution in [0.15, 0.2) is 0 Å². The predicted molar refractivity (Wildman–Crippen MR) is 74.0 cm³/mol. The van der Waals surface area contributed by atoms with Crippen molar-refractivity contribution >= 4 is 5.91 Å². The van der Waals surface area contributed by atoms with Crippen molar-refractivity contribution in [3.8, 4) is 0 Å². The molecular formula is C14H30N2O. The Hall–Kier alpha value is -0.570. The number of carbonyl (C=O) groups is 1. The molecule has 0 bridgehead atoms. The van der Waals surface area contributed by atoms with Crippen molar-refractivity contribution in [3.05, 3.63) is 0 Å². The SMILES string of the molecule is CCN(CC)C(CNC(=O)C(C)C)CC(C)C. The summed E-state index contributed by atoms with van der Waals surface area (Å²) >= 11 is 0. The maximum Gasteiger partial charge on any atom is 0.222 e. The van der Waals surface area contributed by atoms with Gasteiger partial charge in [-0.3, -0.25) is 9.69 Å². The molecule has 0 radical (unpaired) electrons. The molecule has 1 N–H and O–H groups in total. The highest BCUT2D eigenvalue weighted by molar-refractivity contribution is 5.77. The van der Waals surface area contributed by atoms with Crippen LogP contribution in [-0.4, -0.2) is 36.5 Å². The number of nitrogens with zero attached hydrogens (tertiary/aromatic N) is 1. The molecule has 0 aliphatic carbocycles. The van der Waals surface area contributed by atoms with Crippen molar-refractivity contribution in [1.29, 1.82) is 0 Å². The number of amides is 1. The summed E-state index contributed by atoms with van der Waals surface area (Å²) in [7, 11) is 0. The zero-order chi connectivity index (χ0) is 13.4. The van der Waals surface area contributed by atoms with E-state index in [1.54, 1.807) is 0 Å². The minimum absolute atomic E-state index is 0.0754. The first-order valence-corrected chi connectivity index (χ1v) is 6.94. The summed E-state index contributed by atoms with van der Waals surface area (Å²) < 4.78 is 0. The summed E-state index contributed by atoms with van der Waals surface area (Å²) in [5.74, 6) is 0.897. The van der Waals surface area contributed by atoms with Crippen LogP contribution in [0.4, 0.5) is 0 Å². The number of hydrogen-bond donors (Lipinski definition) is 1. The molecular weight excluding hydrogens is 212 g/mol. The molecule has 0 fully saturated rings. The maximum absolute atomic E-state index is 11.6. The highest BCUT2D eigenvalue weighted by atomic mass is 16.1. The van der Waals surface area contributed by atoms with E-state index in [1.165, 1.54) is 0 Å². The van der Waals surface area contributed by atoms with Gasteiger partial charge < -0.3 is 5.32 Å². The van der Waals surface area contributed by atoms with Gasteiger partial charge in [-0.15, -0.1) is 0 Å². The van der Waals surface area contributed by atoms with Crippen LogP contribution >= 0.6 is 0 Å². The van der Waals surface area contributed by atoms with Crippen LogP contribution in [0, 0.1) is 11.8 Å². The third-order valence-corrected chi connectivity index (χ3v) is 3.11. The standard InChI is InChI=1S/C14H30N2O/c1-7-16(8-2)13(9-11(3)4)10-15-14(17)12(5)6/h11-13H,7-10H2,1-6H3,(H,15,17). The van der Waals surface area contributed by atoms with Gasteiger partial charge in [-0.05, 0) is 25.4 Å². The second-order valence-electron chi connectivity index (χ2n) is 5.40. The van der Waals surface area contributed by atoms with Crippen LogP contribution in [0.25, 0.3) is 0 Å². The lowest BCUT2D eigenvalue weighted by Gasteiger charge is -2.31. The fraction of sp³-hybridized carbons (Fsp3) is 0.929. The predicted octanol–water partition coefficient (Wildman–Crippen LogP) is 2.52. The van der Waals surface area contributed by atoms with Crippen LogP contribution in [-0.2, 0) is 4.79 Å². The molecule has 0 heterocycles. The first kappa shape index (κ1) is 16.4. The van der Waals surface area contributed by atoms with Crippen molar-refractivity contribution in [2.45, 2.75) is 54.0 Å². The van der Waals surface area contributed by atoms with Crippen molar-refractivity contribution in [3.63, 3.8) is 0 Å². The van der Waals surface area contributed by atoms with Gasteiger partial charge in [0.05, 0.1) is 0 Å². The summed E-state index contributed by atoms with van der Waals surface area (Å²) in [6.45, 7) is 15.6. The topological polar surface area (TPSA) is 32.3 Å². The molecule has 0 saturated carbocycles. The molecule has 1 amide bonds. The monoisotopic (exact) mass is 242 g/mol. The van der Waals surface area contributed by atoms with E-state index in [-0.39, 0.29) is 11.8 Å². The molecule has 102 valence electrons. The van der Waals surface area contributed by atoms with Crippen molar-refractivity contribution in [1.82, 2.24) is 10.2 Å². The Morgan fingerprint density at radius 3 is 2.00 bits per heavy atom. The van der Waals surface area contributed by atoms with E-state index < -0.39 is 0 Å². The van der Waals surface area contributed by atoms with Crippen LogP contribution in [0.3, 0.4) is 0 Å². The number of likely N-dealkylation sites (N-methyl/N-ethyl adjacent to an activating group) is 1. The first-order chi connectivity index (χ1) is 7.92. The molecule has 0 aromatic heterocycles. The quantitative estimate of drug-likeness (QED) is 0.709. The lowest BCUT2D eigenvalue weighted by molar-refractivity contribution is -0.124. The van der Waals surface area contributed by atoms with Crippen molar-refractivity contribution in [2.24, 2.45) is 11.8 Å². The lowest BCUT2D eigenvalue weighted by Crippen LogP contribution is -2.45. The normalized spacial score (nSPS) is 13.5. The molecule has 0 aliphatic heterocycles. The van der Waals surface area contributed by atoms with E-state index in [1.807, 2.05) is 13.8 Å². The van der Waals surface area contributed by atoms with Gasteiger partial charge in [0, 0.05) is 18.5 Å². The van der Waals surface area contributed by atoms with Crippen molar-refractivity contribution in [2.75, 3.05) is 19.6 Å². The summed E-state index contributed by atoms with van der Waals surface area (Å²) in [5, 5.41) is 3.06. The number of carbonyl (C=O) groups excluding carboxylic acids is 1. The molecule has 0 aromatic carbocycles. The minimum atomic E-state index is 0.0754. The first-order valence-electron chi connectivity index (χ1n) is 6.94. The molecule has 0 aliphatic rings. The van der Waals surface area contributed by atoms with Crippen LogP contribution in [0.1, 0.15) is 48.0 Å². The number of hydrogen-bond acceptors (Lipinski definition) is 2. The molecule has 17 heavy (non-hydrogen) atoms. The molecule has 0 aromatic rings. The Kier molecular flexibility index (Phi) is 8.23.